The first kappa shape index (κ1) is 18.5. The maximum Gasteiger partial charge on any atom is 0.118 e. The third-order valence-electron chi connectivity index (χ3n) is 4.89. The summed E-state index contributed by atoms with van der Waals surface area (Å²) in [6, 6.07) is 0. The summed E-state index contributed by atoms with van der Waals surface area (Å²) in [5.74, 6) is 0. The Hall–Kier alpha value is -0.870. The first-order valence-electron chi connectivity index (χ1n) is 9.58. The smallest absolute Gasteiger partial charge is 0.118 e. The molecule has 2 rings (SSSR count). The highest BCUT2D eigenvalue weighted by Gasteiger charge is 2.14. The van der Waals surface area contributed by atoms with Gasteiger partial charge >= 0.3 is 0 Å². The van der Waals surface area contributed by atoms with Crippen molar-refractivity contribution in [1.82, 2.24) is 9.80 Å². The van der Waals surface area contributed by atoms with E-state index in [0.717, 1.165) is 32.4 Å². The Labute approximate surface area is 142 Å². The molecule has 2 aliphatic rings. The van der Waals surface area contributed by atoms with Gasteiger partial charge in [-0.15, -0.1) is 0 Å². The number of likely N-dealkylation sites (N-methyl/N-ethyl adjacent to an activating group) is 1. The molecule has 1 aliphatic carbocycles. The van der Waals surface area contributed by atoms with Crippen molar-refractivity contribution < 1.29 is 4.84 Å². The van der Waals surface area contributed by atoms with Gasteiger partial charge in [0.2, 0.25) is 0 Å². The fourth-order valence-electron chi connectivity index (χ4n) is 3.28. The van der Waals surface area contributed by atoms with Crippen LogP contribution in [-0.2, 0) is 4.84 Å². The van der Waals surface area contributed by atoms with Crippen molar-refractivity contribution >= 4 is 5.71 Å². The molecule has 0 aromatic rings. The lowest BCUT2D eigenvalue weighted by atomic mass is 10.0. The fraction of sp³-hybridized carbons (Fsp3) is 0.842. The molecule has 0 radical (unpaired) electrons. The van der Waals surface area contributed by atoms with E-state index in [1.54, 1.807) is 0 Å². The van der Waals surface area contributed by atoms with Crippen LogP contribution in [0.2, 0.25) is 0 Å². The summed E-state index contributed by atoms with van der Waals surface area (Å²) in [4.78, 5) is 10.6. The molecule has 0 bridgehead atoms. The van der Waals surface area contributed by atoms with Gasteiger partial charge in [0.25, 0.3) is 0 Å². The minimum atomic E-state index is 0.747. The molecule has 1 aliphatic heterocycles. The number of hydrogen-bond donors (Lipinski definition) is 0. The Morgan fingerprint density at radius 1 is 1.09 bits per heavy atom. The number of allylic oxidation sites excluding steroid dienone is 2. The number of piperazine rings is 1. The monoisotopic (exact) mass is 321 g/mol. The van der Waals surface area contributed by atoms with E-state index >= 15 is 0 Å². The molecule has 132 valence electrons. The van der Waals surface area contributed by atoms with Gasteiger partial charge in [-0.05, 0) is 51.1 Å². The first-order valence-corrected chi connectivity index (χ1v) is 9.58. The van der Waals surface area contributed by atoms with Gasteiger partial charge in [-0.25, -0.2) is 0 Å². The molecule has 2 fully saturated rings. The molecule has 0 atom stereocenters. The number of oxime groups is 1. The fourth-order valence-corrected chi connectivity index (χ4v) is 3.28. The lowest BCUT2D eigenvalue weighted by Crippen LogP contribution is -2.44. The molecular weight excluding hydrogens is 286 g/mol. The summed E-state index contributed by atoms with van der Waals surface area (Å²) in [6.07, 6.45) is 12.0. The van der Waals surface area contributed by atoms with Crippen molar-refractivity contribution in [3.63, 3.8) is 0 Å². The molecule has 0 spiro atoms. The van der Waals surface area contributed by atoms with Crippen molar-refractivity contribution in [3.05, 3.63) is 11.6 Å². The molecule has 0 amide bonds. The van der Waals surface area contributed by atoms with Crippen molar-refractivity contribution in [1.29, 1.82) is 0 Å². The van der Waals surface area contributed by atoms with Crippen LogP contribution in [0.25, 0.3) is 0 Å². The van der Waals surface area contributed by atoms with Crippen LogP contribution >= 0.6 is 0 Å². The third-order valence-corrected chi connectivity index (χ3v) is 4.89. The van der Waals surface area contributed by atoms with E-state index in [1.807, 2.05) is 0 Å². The average Bonchev–Trinajstić information content (AvgIpc) is 2.79. The maximum atomic E-state index is 5.66. The lowest BCUT2D eigenvalue weighted by molar-refractivity contribution is 0.111. The standard InChI is InChI=1S/C19H35N3O/c1-3-4-9-18-10-6-5-7-11-19(18)20-23-17-8-12-22-15-13-21(2)14-16-22/h9H,3-8,10-17H2,1-2H3. The van der Waals surface area contributed by atoms with Gasteiger partial charge in [0.05, 0.1) is 5.71 Å². The highest BCUT2D eigenvalue weighted by atomic mass is 16.6. The number of hydrogen-bond acceptors (Lipinski definition) is 4. The van der Waals surface area contributed by atoms with Crippen LogP contribution in [0.4, 0.5) is 0 Å². The molecule has 0 aromatic carbocycles. The lowest BCUT2D eigenvalue weighted by Gasteiger charge is -2.32. The van der Waals surface area contributed by atoms with Crippen LogP contribution in [-0.4, -0.2) is 61.9 Å². The molecule has 4 heteroatoms. The van der Waals surface area contributed by atoms with Crippen LogP contribution in [0.3, 0.4) is 0 Å². The molecule has 1 saturated carbocycles. The van der Waals surface area contributed by atoms with E-state index in [2.05, 4.69) is 35.0 Å². The van der Waals surface area contributed by atoms with Crippen LogP contribution < -0.4 is 0 Å². The Kier molecular flexibility index (Phi) is 8.69. The summed E-state index contributed by atoms with van der Waals surface area (Å²) < 4.78 is 0. The number of nitrogens with zero attached hydrogens (tertiary/aromatic N) is 3. The zero-order valence-electron chi connectivity index (χ0n) is 15.2. The van der Waals surface area contributed by atoms with E-state index in [0.29, 0.717) is 0 Å². The Morgan fingerprint density at radius 2 is 1.87 bits per heavy atom. The molecule has 0 aromatic heterocycles. The largest absolute Gasteiger partial charge is 0.396 e. The van der Waals surface area contributed by atoms with Gasteiger partial charge in [-0.2, -0.15) is 0 Å². The van der Waals surface area contributed by atoms with Crippen molar-refractivity contribution in [3.8, 4) is 0 Å². The predicted octanol–water partition coefficient (Wildman–Crippen LogP) is 3.69. The summed E-state index contributed by atoms with van der Waals surface area (Å²) in [5.41, 5.74) is 2.67. The SMILES string of the molecule is CCCC=C1CCCCCC1=NOCCCN1CCN(C)CC1. The van der Waals surface area contributed by atoms with Gasteiger partial charge in [-0.3, -0.25) is 0 Å². The molecule has 1 saturated heterocycles. The second-order valence-corrected chi connectivity index (χ2v) is 6.95. The van der Waals surface area contributed by atoms with Crippen LogP contribution in [0.1, 0.15) is 58.3 Å². The van der Waals surface area contributed by atoms with Gasteiger partial charge in [0, 0.05) is 32.7 Å². The van der Waals surface area contributed by atoms with Crippen molar-refractivity contribution in [2.24, 2.45) is 5.16 Å². The molecule has 0 unspecified atom stereocenters. The van der Waals surface area contributed by atoms with Gasteiger partial charge in [-0.1, -0.05) is 31.0 Å². The van der Waals surface area contributed by atoms with Crippen LogP contribution in [0.5, 0.6) is 0 Å². The quantitative estimate of drug-likeness (QED) is 0.407. The van der Waals surface area contributed by atoms with Crippen molar-refractivity contribution in [2.75, 3.05) is 46.4 Å². The molecule has 1 heterocycles. The summed E-state index contributed by atoms with van der Waals surface area (Å²) >= 11 is 0. The molecular formula is C19H35N3O. The predicted molar refractivity (Wildman–Crippen MR) is 98.0 cm³/mol. The Bertz CT molecular complexity index is 384. The van der Waals surface area contributed by atoms with E-state index in [9.17, 15) is 0 Å². The van der Waals surface area contributed by atoms with E-state index in [4.69, 9.17) is 4.84 Å². The van der Waals surface area contributed by atoms with E-state index in [-0.39, 0.29) is 0 Å². The van der Waals surface area contributed by atoms with Crippen LogP contribution in [0, 0.1) is 0 Å². The second kappa shape index (κ2) is 10.8. The van der Waals surface area contributed by atoms with Gasteiger partial charge < -0.3 is 14.6 Å². The Morgan fingerprint density at radius 3 is 2.65 bits per heavy atom. The maximum absolute atomic E-state index is 5.66. The highest BCUT2D eigenvalue weighted by molar-refractivity contribution is 5.99. The van der Waals surface area contributed by atoms with E-state index in [1.165, 1.54) is 69.6 Å². The zero-order valence-corrected chi connectivity index (χ0v) is 15.2. The van der Waals surface area contributed by atoms with Gasteiger partial charge in [0.15, 0.2) is 0 Å². The molecule has 0 N–H and O–H groups in total. The topological polar surface area (TPSA) is 28.1 Å². The number of rotatable bonds is 7. The van der Waals surface area contributed by atoms with E-state index < -0.39 is 0 Å². The minimum absolute atomic E-state index is 0.747. The minimum Gasteiger partial charge on any atom is -0.396 e. The summed E-state index contributed by atoms with van der Waals surface area (Å²) in [7, 11) is 2.20. The summed E-state index contributed by atoms with van der Waals surface area (Å²) in [5, 5.41) is 4.49. The normalized spacial score (nSPS) is 25.0. The van der Waals surface area contributed by atoms with Gasteiger partial charge in [0.1, 0.15) is 6.61 Å². The molecule has 23 heavy (non-hydrogen) atoms. The van der Waals surface area contributed by atoms with Crippen LogP contribution in [0.15, 0.2) is 16.8 Å². The Balaban J connectivity index is 1.70. The summed E-state index contributed by atoms with van der Waals surface area (Å²) in [6.45, 7) is 8.88. The first-order chi connectivity index (χ1) is 11.3. The van der Waals surface area contributed by atoms with Crippen molar-refractivity contribution in [2.45, 2.75) is 58.3 Å². The average molecular weight is 322 g/mol. The highest BCUT2D eigenvalue weighted by Crippen LogP contribution is 2.21. The number of unbranched alkanes of at least 4 members (excludes halogenated alkanes) is 1. The third kappa shape index (κ3) is 7.05. The molecule has 4 nitrogen and oxygen atoms in total. The second-order valence-electron chi connectivity index (χ2n) is 6.95. The zero-order chi connectivity index (χ0) is 16.3.